The minimum Gasteiger partial charge on any atom is -0.397 e. The Morgan fingerprint density at radius 3 is 2.45 bits per heavy atom. The average molecular weight is 331 g/mol. The highest BCUT2D eigenvalue weighted by atomic mass is 35.5. The lowest BCUT2D eigenvalue weighted by atomic mass is 10.2. The van der Waals surface area contributed by atoms with E-state index in [4.69, 9.17) is 28.9 Å². The van der Waals surface area contributed by atoms with Crippen molar-refractivity contribution in [1.82, 2.24) is 0 Å². The van der Waals surface area contributed by atoms with Crippen LogP contribution < -0.4 is 10.5 Å². The number of sulfonamides is 1. The molecule has 20 heavy (non-hydrogen) atoms. The molecule has 4 nitrogen and oxygen atoms in total. The van der Waals surface area contributed by atoms with Crippen LogP contribution in [0.15, 0.2) is 41.3 Å². The second kappa shape index (κ2) is 5.52. The third kappa shape index (κ3) is 3.17. The summed E-state index contributed by atoms with van der Waals surface area (Å²) < 4.78 is 27.0. The van der Waals surface area contributed by atoms with Crippen molar-refractivity contribution in [3.8, 4) is 0 Å². The number of nitrogens with two attached hydrogens (primary N) is 1. The molecule has 0 atom stereocenters. The molecule has 0 aliphatic heterocycles. The Morgan fingerprint density at radius 1 is 1.10 bits per heavy atom. The van der Waals surface area contributed by atoms with Gasteiger partial charge in [0.25, 0.3) is 10.0 Å². The van der Waals surface area contributed by atoms with E-state index in [2.05, 4.69) is 4.72 Å². The fourth-order valence-electron chi connectivity index (χ4n) is 1.66. The molecule has 2 rings (SSSR count). The van der Waals surface area contributed by atoms with Crippen LogP contribution >= 0.6 is 23.2 Å². The van der Waals surface area contributed by atoms with Crippen LogP contribution in [-0.2, 0) is 10.0 Å². The van der Waals surface area contributed by atoms with Crippen LogP contribution in [0.2, 0.25) is 10.0 Å². The molecule has 0 aromatic heterocycles. The maximum absolute atomic E-state index is 12.3. The molecule has 0 saturated carbocycles. The first kappa shape index (κ1) is 15.0. The largest absolute Gasteiger partial charge is 0.397 e. The summed E-state index contributed by atoms with van der Waals surface area (Å²) in [5, 5.41) is 0.374. The number of nitrogen functional groups attached to an aromatic ring is 1. The fraction of sp³-hybridized carbons (Fsp3) is 0.0769. The Kier molecular flexibility index (Phi) is 4.13. The zero-order chi connectivity index (χ0) is 14.9. The van der Waals surface area contributed by atoms with Crippen molar-refractivity contribution < 1.29 is 8.42 Å². The predicted molar refractivity (Wildman–Crippen MR) is 82.9 cm³/mol. The van der Waals surface area contributed by atoms with E-state index in [1.165, 1.54) is 18.2 Å². The lowest BCUT2D eigenvalue weighted by Gasteiger charge is -2.12. The van der Waals surface area contributed by atoms with Gasteiger partial charge in [-0.2, -0.15) is 0 Å². The van der Waals surface area contributed by atoms with Gasteiger partial charge in [0.05, 0.1) is 16.4 Å². The third-order valence-corrected chi connectivity index (χ3v) is 4.72. The maximum atomic E-state index is 12.3. The predicted octanol–water partition coefficient (Wildman–Crippen LogP) is 3.68. The van der Waals surface area contributed by atoms with Gasteiger partial charge < -0.3 is 5.73 Å². The second-order valence-corrected chi connectivity index (χ2v) is 6.77. The quantitative estimate of drug-likeness (QED) is 0.843. The van der Waals surface area contributed by atoms with Crippen LogP contribution in [-0.4, -0.2) is 8.42 Å². The van der Waals surface area contributed by atoms with Gasteiger partial charge in [0, 0.05) is 5.02 Å². The van der Waals surface area contributed by atoms with Gasteiger partial charge in [0.2, 0.25) is 0 Å². The minimum absolute atomic E-state index is 0.0904. The van der Waals surface area contributed by atoms with Crippen LogP contribution in [0, 0.1) is 6.92 Å². The molecule has 0 aliphatic carbocycles. The van der Waals surface area contributed by atoms with Gasteiger partial charge in [-0.15, -0.1) is 0 Å². The van der Waals surface area contributed by atoms with Crippen molar-refractivity contribution in [2.24, 2.45) is 0 Å². The molecule has 0 spiro atoms. The van der Waals surface area contributed by atoms with Crippen LogP contribution in [0.1, 0.15) is 5.56 Å². The molecular weight excluding hydrogens is 319 g/mol. The van der Waals surface area contributed by atoms with E-state index < -0.39 is 10.0 Å². The maximum Gasteiger partial charge on any atom is 0.263 e. The zero-order valence-corrected chi connectivity index (χ0v) is 12.9. The molecule has 0 unspecified atom stereocenters. The number of nitrogens with one attached hydrogen (secondary N) is 1. The summed E-state index contributed by atoms with van der Waals surface area (Å²) in [6.45, 7) is 1.86. The average Bonchev–Trinajstić information content (AvgIpc) is 2.35. The smallest absolute Gasteiger partial charge is 0.263 e. The summed E-state index contributed by atoms with van der Waals surface area (Å²) in [7, 11) is -3.85. The highest BCUT2D eigenvalue weighted by Gasteiger charge is 2.19. The molecule has 2 aromatic rings. The van der Waals surface area contributed by atoms with Crippen LogP contribution in [0.3, 0.4) is 0 Å². The summed E-state index contributed by atoms with van der Waals surface area (Å²) in [5.74, 6) is 0. The van der Waals surface area contributed by atoms with E-state index in [-0.39, 0.29) is 14.9 Å². The number of hydrogen-bond donors (Lipinski definition) is 2. The van der Waals surface area contributed by atoms with E-state index >= 15 is 0 Å². The van der Waals surface area contributed by atoms with E-state index in [1.807, 2.05) is 6.92 Å². The number of halogens is 2. The molecule has 0 fully saturated rings. The Hall–Kier alpha value is -1.43. The van der Waals surface area contributed by atoms with Crippen molar-refractivity contribution in [2.45, 2.75) is 11.8 Å². The molecule has 7 heteroatoms. The van der Waals surface area contributed by atoms with E-state index in [1.54, 1.807) is 18.2 Å². The molecule has 0 bridgehead atoms. The van der Waals surface area contributed by atoms with Crippen molar-refractivity contribution >= 4 is 44.6 Å². The summed E-state index contributed by atoms with van der Waals surface area (Å²) in [4.78, 5) is -0.0911. The topological polar surface area (TPSA) is 72.2 Å². The van der Waals surface area contributed by atoms with E-state index in [0.29, 0.717) is 11.4 Å². The zero-order valence-electron chi connectivity index (χ0n) is 10.5. The van der Waals surface area contributed by atoms with E-state index in [0.717, 1.165) is 5.56 Å². The third-order valence-electron chi connectivity index (χ3n) is 2.63. The molecule has 0 heterocycles. The van der Waals surface area contributed by atoms with Crippen molar-refractivity contribution in [3.63, 3.8) is 0 Å². The van der Waals surface area contributed by atoms with Crippen molar-refractivity contribution in [3.05, 3.63) is 52.0 Å². The molecule has 0 amide bonds. The van der Waals surface area contributed by atoms with Gasteiger partial charge in [-0.05, 0) is 42.8 Å². The Labute approximate surface area is 127 Å². The highest BCUT2D eigenvalue weighted by molar-refractivity contribution is 7.92. The first-order valence-electron chi connectivity index (χ1n) is 5.63. The van der Waals surface area contributed by atoms with Gasteiger partial charge >= 0.3 is 0 Å². The second-order valence-electron chi connectivity index (χ2n) is 4.27. The molecule has 106 valence electrons. The Morgan fingerprint density at radius 2 is 1.80 bits per heavy atom. The lowest BCUT2D eigenvalue weighted by molar-refractivity contribution is 0.601. The summed E-state index contributed by atoms with van der Waals surface area (Å²) in [6.07, 6.45) is 0. The summed E-state index contributed by atoms with van der Waals surface area (Å²) >= 11 is 11.7. The minimum atomic E-state index is -3.85. The number of benzene rings is 2. The molecule has 0 radical (unpaired) electrons. The SMILES string of the molecule is Cc1ccc(NS(=O)(=O)c2cc(Cl)ccc2Cl)c(N)c1. The summed E-state index contributed by atoms with van der Waals surface area (Å²) in [6, 6.07) is 9.27. The van der Waals surface area contributed by atoms with Crippen molar-refractivity contribution in [2.75, 3.05) is 10.5 Å². The molecule has 3 N–H and O–H groups in total. The van der Waals surface area contributed by atoms with Gasteiger partial charge in [-0.25, -0.2) is 8.42 Å². The number of anilines is 2. The Bertz CT molecular complexity index is 761. The monoisotopic (exact) mass is 330 g/mol. The van der Waals surface area contributed by atoms with Gasteiger partial charge in [-0.3, -0.25) is 4.72 Å². The first-order chi connectivity index (χ1) is 9.29. The molecule has 0 saturated heterocycles. The van der Waals surface area contributed by atoms with Gasteiger partial charge in [-0.1, -0.05) is 29.3 Å². The highest BCUT2D eigenvalue weighted by Crippen LogP contribution is 2.28. The molecule has 0 aliphatic rings. The molecule has 2 aromatic carbocycles. The van der Waals surface area contributed by atoms with Gasteiger partial charge in [0.1, 0.15) is 4.90 Å². The number of rotatable bonds is 3. The fourth-order valence-corrected chi connectivity index (χ4v) is 3.51. The standard InChI is InChI=1S/C13H12Cl2N2O2S/c1-8-2-5-12(11(16)6-8)17-20(18,19)13-7-9(14)3-4-10(13)15/h2-7,17H,16H2,1H3. The van der Waals surface area contributed by atoms with E-state index in [9.17, 15) is 8.42 Å². The van der Waals surface area contributed by atoms with Gasteiger partial charge in [0.15, 0.2) is 0 Å². The normalized spacial score (nSPS) is 11.3. The van der Waals surface area contributed by atoms with Crippen LogP contribution in [0.5, 0.6) is 0 Å². The van der Waals surface area contributed by atoms with Crippen molar-refractivity contribution in [1.29, 1.82) is 0 Å². The Balaban J connectivity index is 2.43. The lowest BCUT2D eigenvalue weighted by Crippen LogP contribution is -2.14. The first-order valence-corrected chi connectivity index (χ1v) is 7.87. The molecular formula is C13H12Cl2N2O2S. The van der Waals surface area contributed by atoms with Crippen LogP contribution in [0.25, 0.3) is 0 Å². The number of hydrogen-bond acceptors (Lipinski definition) is 3. The van der Waals surface area contributed by atoms with Crippen LogP contribution in [0.4, 0.5) is 11.4 Å². The summed E-state index contributed by atoms with van der Waals surface area (Å²) in [5.41, 5.74) is 7.36. The number of aryl methyl sites for hydroxylation is 1.